The quantitative estimate of drug-likeness (QED) is 0.636. The van der Waals surface area contributed by atoms with Gasteiger partial charge in [0.25, 0.3) is 0 Å². The van der Waals surface area contributed by atoms with Crippen LogP contribution in [0.1, 0.15) is 12.0 Å². The van der Waals surface area contributed by atoms with Crippen LogP contribution in [0, 0.1) is 6.92 Å². The molecule has 0 aliphatic heterocycles. The number of anilines is 1. The molecule has 0 saturated heterocycles. The van der Waals surface area contributed by atoms with Gasteiger partial charge in [0, 0.05) is 29.2 Å². The van der Waals surface area contributed by atoms with Crippen molar-refractivity contribution in [1.82, 2.24) is 4.72 Å². The van der Waals surface area contributed by atoms with Gasteiger partial charge in [0.2, 0.25) is 15.9 Å². The number of amides is 1. The number of rotatable bonds is 8. The third-order valence-electron chi connectivity index (χ3n) is 3.78. The Hall–Kier alpha value is -2.10. The van der Waals surface area contributed by atoms with E-state index in [1.165, 1.54) is 32.4 Å². The van der Waals surface area contributed by atoms with Gasteiger partial charge in [-0.3, -0.25) is 4.79 Å². The predicted octanol–water partition coefficient (Wildman–Crippen LogP) is 3.08. The summed E-state index contributed by atoms with van der Waals surface area (Å²) in [6.45, 7) is 1.84. The Labute approximate surface area is 167 Å². The zero-order chi connectivity index (χ0) is 20.0. The zero-order valence-corrected chi connectivity index (χ0v) is 17.6. The number of benzene rings is 2. The fraction of sp³-hybridized carbons (Fsp3) is 0.278. The molecule has 0 spiro atoms. The van der Waals surface area contributed by atoms with Crippen LogP contribution < -0.4 is 19.5 Å². The number of aryl methyl sites for hydroxylation is 1. The minimum Gasteiger partial charge on any atom is -0.493 e. The van der Waals surface area contributed by atoms with Crippen LogP contribution in [0.5, 0.6) is 11.5 Å². The van der Waals surface area contributed by atoms with Crippen molar-refractivity contribution < 1.29 is 22.7 Å². The Morgan fingerprint density at radius 3 is 2.44 bits per heavy atom. The lowest BCUT2D eigenvalue weighted by atomic mass is 10.2. The molecule has 7 nitrogen and oxygen atoms in total. The topological polar surface area (TPSA) is 93.7 Å². The van der Waals surface area contributed by atoms with Crippen LogP contribution in [0.4, 0.5) is 5.69 Å². The molecule has 2 N–H and O–H groups in total. The Balaban J connectivity index is 1.97. The average molecular weight is 457 g/mol. The van der Waals surface area contributed by atoms with E-state index in [2.05, 4.69) is 26.0 Å². The standard InChI is InChI=1S/C18H21BrN2O5S/c1-12-4-5-13(19)10-15(12)21-18(22)8-9-20-27(23,24)14-6-7-16(25-2)17(11-14)26-3/h4-7,10-11,20H,8-9H2,1-3H3,(H,21,22). The van der Waals surface area contributed by atoms with Crippen molar-refractivity contribution in [1.29, 1.82) is 0 Å². The molecule has 0 aliphatic rings. The van der Waals surface area contributed by atoms with E-state index in [1.54, 1.807) is 6.07 Å². The number of hydrogen-bond donors (Lipinski definition) is 2. The summed E-state index contributed by atoms with van der Waals surface area (Å²) in [6.07, 6.45) is -0.00151. The molecule has 9 heteroatoms. The SMILES string of the molecule is COc1ccc(S(=O)(=O)NCCC(=O)Nc2cc(Br)ccc2C)cc1OC. The van der Waals surface area contributed by atoms with Crippen molar-refractivity contribution in [3.05, 3.63) is 46.4 Å². The first-order valence-electron chi connectivity index (χ1n) is 8.04. The van der Waals surface area contributed by atoms with Crippen LogP contribution in [0.15, 0.2) is 45.8 Å². The number of carbonyl (C=O) groups excluding carboxylic acids is 1. The van der Waals surface area contributed by atoms with Gasteiger partial charge in [0.1, 0.15) is 0 Å². The molecule has 27 heavy (non-hydrogen) atoms. The summed E-state index contributed by atoms with van der Waals surface area (Å²) >= 11 is 3.35. The first kappa shape index (κ1) is 21.2. The second-order valence-corrected chi connectivity index (χ2v) is 8.35. The zero-order valence-electron chi connectivity index (χ0n) is 15.2. The molecule has 0 fully saturated rings. The number of methoxy groups -OCH3 is 2. The van der Waals surface area contributed by atoms with E-state index < -0.39 is 10.0 Å². The minimum atomic E-state index is -3.77. The van der Waals surface area contributed by atoms with Crippen molar-refractivity contribution in [2.45, 2.75) is 18.2 Å². The van der Waals surface area contributed by atoms with E-state index in [1.807, 2.05) is 19.1 Å². The fourth-order valence-electron chi connectivity index (χ4n) is 2.31. The fourth-order valence-corrected chi connectivity index (χ4v) is 3.72. The smallest absolute Gasteiger partial charge is 0.240 e. The summed E-state index contributed by atoms with van der Waals surface area (Å²) in [5, 5.41) is 2.77. The molecule has 0 atom stereocenters. The molecule has 0 radical (unpaired) electrons. The molecule has 0 bridgehead atoms. The molecule has 146 valence electrons. The van der Waals surface area contributed by atoms with Gasteiger partial charge in [-0.1, -0.05) is 22.0 Å². The molecule has 2 aromatic carbocycles. The Morgan fingerprint density at radius 2 is 1.78 bits per heavy atom. The largest absolute Gasteiger partial charge is 0.493 e. The Kier molecular flexibility index (Phi) is 7.23. The molecule has 1 amide bonds. The molecular formula is C18H21BrN2O5S. The first-order chi connectivity index (χ1) is 12.8. The van der Waals surface area contributed by atoms with Crippen LogP contribution in [0.2, 0.25) is 0 Å². The summed E-state index contributed by atoms with van der Waals surface area (Å²) in [7, 11) is -0.880. The molecule has 2 aromatic rings. The molecule has 0 unspecified atom stereocenters. The highest BCUT2D eigenvalue weighted by molar-refractivity contribution is 9.10. The highest BCUT2D eigenvalue weighted by Gasteiger charge is 2.17. The second-order valence-electron chi connectivity index (χ2n) is 5.67. The maximum atomic E-state index is 12.4. The van der Waals surface area contributed by atoms with Gasteiger partial charge >= 0.3 is 0 Å². The normalized spacial score (nSPS) is 11.1. The summed E-state index contributed by atoms with van der Waals surface area (Å²) in [5.41, 5.74) is 1.59. The van der Waals surface area contributed by atoms with Crippen molar-refractivity contribution in [2.75, 3.05) is 26.1 Å². The van der Waals surface area contributed by atoms with Crippen LogP contribution in [0.3, 0.4) is 0 Å². The van der Waals surface area contributed by atoms with Crippen molar-refractivity contribution >= 4 is 37.5 Å². The lowest BCUT2D eigenvalue weighted by Crippen LogP contribution is -2.28. The Morgan fingerprint density at radius 1 is 1.07 bits per heavy atom. The number of carbonyl (C=O) groups is 1. The molecule has 2 rings (SSSR count). The van der Waals surface area contributed by atoms with Gasteiger partial charge in [-0.05, 0) is 36.8 Å². The lowest BCUT2D eigenvalue weighted by Gasteiger charge is -2.11. The predicted molar refractivity (Wildman–Crippen MR) is 107 cm³/mol. The van der Waals surface area contributed by atoms with E-state index >= 15 is 0 Å². The number of halogens is 1. The number of nitrogens with one attached hydrogen (secondary N) is 2. The number of ether oxygens (including phenoxy) is 2. The van der Waals surface area contributed by atoms with E-state index in [0.717, 1.165) is 10.0 Å². The van der Waals surface area contributed by atoms with Crippen LogP contribution in [-0.2, 0) is 14.8 Å². The maximum Gasteiger partial charge on any atom is 0.240 e. The molecular weight excluding hydrogens is 436 g/mol. The van der Waals surface area contributed by atoms with Crippen LogP contribution >= 0.6 is 15.9 Å². The van der Waals surface area contributed by atoms with E-state index in [0.29, 0.717) is 17.2 Å². The van der Waals surface area contributed by atoms with E-state index in [9.17, 15) is 13.2 Å². The lowest BCUT2D eigenvalue weighted by molar-refractivity contribution is -0.116. The van der Waals surface area contributed by atoms with Gasteiger partial charge in [0.05, 0.1) is 19.1 Å². The third-order valence-corrected chi connectivity index (χ3v) is 5.74. The van der Waals surface area contributed by atoms with E-state index in [4.69, 9.17) is 9.47 Å². The van der Waals surface area contributed by atoms with Gasteiger partial charge < -0.3 is 14.8 Å². The molecule has 0 aliphatic carbocycles. The monoisotopic (exact) mass is 456 g/mol. The summed E-state index contributed by atoms with van der Waals surface area (Å²) in [6, 6.07) is 9.83. The van der Waals surface area contributed by atoms with Gasteiger partial charge in [0.15, 0.2) is 11.5 Å². The number of hydrogen-bond acceptors (Lipinski definition) is 5. The molecule has 0 heterocycles. The minimum absolute atomic E-state index is 0.00151. The highest BCUT2D eigenvalue weighted by atomic mass is 79.9. The van der Waals surface area contributed by atoms with Crippen molar-refractivity contribution in [3.8, 4) is 11.5 Å². The summed E-state index contributed by atoms with van der Waals surface area (Å²) < 4.78 is 38.3. The van der Waals surface area contributed by atoms with Gasteiger partial charge in [-0.2, -0.15) is 0 Å². The summed E-state index contributed by atoms with van der Waals surface area (Å²) in [5.74, 6) is 0.453. The van der Waals surface area contributed by atoms with Gasteiger partial charge in [-0.25, -0.2) is 13.1 Å². The number of sulfonamides is 1. The first-order valence-corrected chi connectivity index (χ1v) is 10.3. The van der Waals surface area contributed by atoms with Gasteiger partial charge in [-0.15, -0.1) is 0 Å². The Bertz CT molecular complexity index is 931. The van der Waals surface area contributed by atoms with Crippen LogP contribution in [0.25, 0.3) is 0 Å². The van der Waals surface area contributed by atoms with E-state index in [-0.39, 0.29) is 23.8 Å². The average Bonchev–Trinajstić information content (AvgIpc) is 2.63. The third kappa shape index (κ3) is 5.69. The highest BCUT2D eigenvalue weighted by Crippen LogP contribution is 2.29. The summed E-state index contributed by atoms with van der Waals surface area (Å²) in [4.78, 5) is 12.1. The van der Waals surface area contributed by atoms with Crippen molar-refractivity contribution in [3.63, 3.8) is 0 Å². The second kappa shape index (κ2) is 9.20. The van der Waals surface area contributed by atoms with Crippen molar-refractivity contribution in [2.24, 2.45) is 0 Å². The molecule has 0 saturated carbocycles. The van der Waals surface area contributed by atoms with Crippen LogP contribution in [-0.4, -0.2) is 35.1 Å². The maximum absolute atomic E-state index is 12.4. The molecule has 0 aromatic heterocycles.